The van der Waals surface area contributed by atoms with Crippen LogP contribution in [0.1, 0.15) is 25.0 Å². The van der Waals surface area contributed by atoms with E-state index in [1.165, 1.54) is 0 Å². The van der Waals surface area contributed by atoms with Gasteiger partial charge in [0.15, 0.2) is 0 Å². The molecule has 0 bridgehead atoms. The zero-order valence-corrected chi connectivity index (χ0v) is 16.2. The summed E-state index contributed by atoms with van der Waals surface area (Å²) >= 11 is 0. The largest absolute Gasteiger partial charge is 0.356 e. The number of nitrogens with zero attached hydrogens (tertiary/aromatic N) is 5. The predicted molar refractivity (Wildman–Crippen MR) is 108 cm³/mol. The second-order valence-electron chi connectivity index (χ2n) is 7.28. The number of piperidine rings is 1. The van der Waals surface area contributed by atoms with E-state index in [2.05, 4.69) is 20.6 Å². The fraction of sp³-hybridized carbons (Fsp3) is 0.381. The molecule has 1 atom stereocenters. The summed E-state index contributed by atoms with van der Waals surface area (Å²) in [4.78, 5) is 30.8. The van der Waals surface area contributed by atoms with Gasteiger partial charge in [-0.15, -0.1) is 5.10 Å². The highest BCUT2D eigenvalue weighted by molar-refractivity contribution is 5.83. The number of likely N-dealkylation sites (tertiary alicyclic amines) is 1. The van der Waals surface area contributed by atoms with Crippen molar-refractivity contribution in [3.63, 3.8) is 0 Å². The first kappa shape index (κ1) is 19.0. The van der Waals surface area contributed by atoms with E-state index in [1.54, 1.807) is 11.1 Å². The van der Waals surface area contributed by atoms with Crippen LogP contribution in [-0.2, 0) is 22.7 Å². The number of amides is 2. The Bertz CT molecular complexity index is 987. The van der Waals surface area contributed by atoms with Crippen LogP contribution in [0.15, 0.2) is 48.7 Å². The number of para-hydroxylation sites is 1. The SMILES string of the molecule is O=C(NCCCn1nnc2ccccc21)[C@H]1CCC(=O)N(Cc2ccccn2)C1. The molecule has 29 heavy (non-hydrogen) atoms. The average Bonchev–Trinajstić information content (AvgIpc) is 3.16. The predicted octanol–water partition coefficient (Wildman–Crippen LogP) is 1.77. The van der Waals surface area contributed by atoms with E-state index in [0.29, 0.717) is 39.0 Å². The smallest absolute Gasteiger partial charge is 0.224 e. The molecule has 8 heteroatoms. The number of pyridine rings is 1. The highest BCUT2D eigenvalue weighted by Gasteiger charge is 2.30. The number of benzene rings is 1. The molecule has 1 N–H and O–H groups in total. The molecule has 0 radical (unpaired) electrons. The van der Waals surface area contributed by atoms with Gasteiger partial charge in [0, 0.05) is 32.3 Å². The van der Waals surface area contributed by atoms with Crippen molar-refractivity contribution in [2.75, 3.05) is 13.1 Å². The number of hydrogen-bond donors (Lipinski definition) is 1. The number of aromatic nitrogens is 4. The van der Waals surface area contributed by atoms with Crippen LogP contribution in [0.3, 0.4) is 0 Å². The molecule has 2 aromatic heterocycles. The first-order valence-electron chi connectivity index (χ1n) is 9.94. The molecule has 0 aliphatic carbocycles. The standard InChI is InChI=1S/C21H24N6O2/c28-20-10-9-16(14-26(20)15-17-6-3-4-11-22-17)21(29)23-12-5-13-27-19-8-2-1-7-18(19)24-25-27/h1-4,6-8,11,16H,5,9-10,12-15H2,(H,23,29)/t16-/m0/s1. The van der Waals surface area contributed by atoms with Crippen LogP contribution >= 0.6 is 0 Å². The van der Waals surface area contributed by atoms with Crippen molar-refractivity contribution >= 4 is 22.8 Å². The van der Waals surface area contributed by atoms with Gasteiger partial charge in [0.1, 0.15) is 5.52 Å². The van der Waals surface area contributed by atoms with E-state index in [-0.39, 0.29) is 17.7 Å². The summed E-state index contributed by atoms with van der Waals surface area (Å²) < 4.78 is 1.86. The first-order chi connectivity index (χ1) is 14.2. The minimum atomic E-state index is -0.177. The summed E-state index contributed by atoms with van der Waals surface area (Å²) in [5.74, 6) is -0.0895. The summed E-state index contributed by atoms with van der Waals surface area (Å²) in [5, 5.41) is 11.3. The third-order valence-electron chi connectivity index (χ3n) is 5.22. The van der Waals surface area contributed by atoms with Crippen LogP contribution in [0.4, 0.5) is 0 Å². The number of nitrogens with one attached hydrogen (secondary N) is 1. The Labute approximate surface area is 168 Å². The van der Waals surface area contributed by atoms with Gasteiger partial charge in [0.25, 0.3) is 0 Å². The van der Waals surface area contributed by atoms with Crippen molar-refractivity contribution in [3.05, 3.63) is 54.4 Å². The van der Waals surface area contributed by atoms with E-state index in [4.69, 9.17) is 0 Å². The lowest BCUT2D eigenvalue weighted by Gasteiger charge is -2.31. The van der Waals surface area contributed by atoms with E-state index < -0.39 is 0 Å². The Hall–Kier alpha value is -3.29. The zero-order chi connectivity index (χ0) is 20.1. The average molecular weight is 392 g/mol. The van der Waals surface area contributed by atoms with Crippen molar-refractivity contribution in [2.24, 2.45) is 5.92 Å². The molecule has 2 amide bonds. The number of carbonyl (C=O) groups excluding carboxylic acids is 2. The Balaban J connectivity index is 1.25. The topological polar surface area (TPSA) is 93.0 Å². The van der Waals surface area contributed by atoms with Crippen LogP contribution in [-0.4, -0.2) is 49.8 Å². The van der Waals surface area contributed by atoms with E-state index in [9.17, 15) is 9.59 Å². The van der Waals surface area contributed by atoms with E-state index >= 15 is 0 Å². The lowest BCUT2D eigenvalue weighted by Crippen LogP contribution is -2.45. The third kappa shape index (κ3) is 4.59. The molecule has 0 saturated carbocycles. The number of carbonyl (C=O) groups is 2. The van der Waals surface area contributed by atoms with Gasteiger partial charge in [-0.3, -0.25) is 14.6 Å². The number of hydrogen-bond acceptors (Lipinski definition) is 5. The van der Waals surface area contributed by atoms with Crippen molar-refractivity contribution in [3.8, 4) is 0 Å². The van der Waals surface area contributed by atoms with Gasteiger partial charge in [0.05, 0.1) is 23.7 Å². The Morgan fingerprint density at radius 3 is 2.90 bits per heavy atom. The molecule has 1 saturated heterocycles. The molecule has 1 aliphatic heterocycles. The van der Waals surface area contributed by atoms with Gasteiger partial charge in [0.2, 0.25) is 11.8 Å². The van der Waals surface area contributed by atoms with Crippen molar-refractivity contribution in [1.82, 2.24) is 30.2 Å². The summed E-state index contributed by atoms with van der Waals surface area (Å²) in [5.41, 5.74) is 2.70. The second kappa shape index (κ2) is 8.81. The van der Waals surface area contributed by atoms with Gasteiger partial charge in [-0.1, -0.05) is 23.4 Å². The molecule has 0 spiro atoms. The molecule has 1 aromatic carbocycles. The monoisotopic (exact) mass is 392 g/mol. The number of fused-ring (bicyclic) bond motifs is 1. The lowest BCUT2D eigenvalue weighted by atomic mass is 9.96. The minimum absolute atomic E-state index is 0.00645. The molecule has 1 aliphatic rings. The van der Waals surface area contributed by atoms with Crippen LogP contribution in [0, 0.1) is 5.92 Å². The molecular weight excluding hydrogens is 368 g/mol. The number of aryl methyl sites for hydroxylation is 1. The molecule has 1 fully saturated rings. The molecule has 3 heterocycles. The molecule has 3 aromatic rings. The van der Waals surface area contributed by atoms with E-state index in [1.807, 2.05) is 47.1 Å². The second-order valence-corrected chi connectivity index (χ2v) is 7.28. The molecule has 150 valence electrons. The van der Waals surface area contributed by atoms with Crippen LogP contribution < -0.4 is 5.32 Å². The first-order valence-corrected chi connectivity index (χ1v) is 9.94. The fourth-order valence-electron chi connectivity index (χ4n) is 3.64. The van der Waals surface area contributed by atoms with Gasteiger partial charge in [-0.2, -0.15) is 0 Å². The van der Waals surface area contributed by atoms with Gasteiger partial charge >= 0.3 is 0 Å². The normalized spacial score (nSPS) is 16.9. The quantitative estimate of drug-likeness (QED) is 0.619. The van der Waals surface area contributed by atoms with E-state index in [0.717, 1.165) is 23.1 Å². The van der Waals surface area contributed by atoms with Crippen molar-refractivity contribution in [2.45, 2.75) is 32.4 Å². The highest BCUT2D eigenvalue weighted by atomic mass is 16.2. The Morgan fingerprint density at radius 2 is 2.03 bits per heavy atom. The lowest BCUT2D eigenvalue weighted by molar-refractivity contribution is -0.139. The Morgan fingerprint density at radius 1 is 1.17 bits per heavy atom. The molecular formula is C21H24N6O2. The van der Waals surface area contributed by atoms with Gasteiger partial charge in [-0.05, 0) is 37.1 Å². The maximum absolute atomic E-state index is 12.6. The third-order valence-corrected chi connectivity index (χ3v) is 5.22. The fourth-order valence-corrected chi connectivity index (χ4v) is 3.64. The maximum atomic E-state index is 12.6. The Kier molecular flexibility index (Phi) is 5.79. The maximum Gasteiger partial charge on any atom is 0.224 e. The van der Waals surface area contributed by atoms with Crippen LogP contribution in [0.2, 0.25) is 0 Å². The van der Waals surface area contributed by atoms with Gasteiger partial charge < -0.3 is 10.2 Å². The summed E-state index contributed by atoms with van der Waals surface area (Å²) in [7, 11) is 0. The molecule has 8 nitrogen and oxygen atoms in total. The highest BCUT2D eigenvalue weighted by Crippen LogP contribution is 2.19. The van der Waals surface area contributed by atoms with Gasteiger partial charge in [-0.25, -0.2) is 4.68 Å². The number of rotatable bonds is 7. The van der Waals surface area contributed by atoms with Crippen molar-refractivity contribution < 1.29 is 9.59 Å². The molecule has 4 rings (SSSR count). The summed E-state index contributed by atoms with van der Waals surface area (Å²) in [6.07, 6.45) is 3.47. The van der Waals surface area contributed by atoms with Crippen LogP contribution in [0.25, 0.3) is 11.0 Å². The zero-order valence-electron chi connectivity index (χ0n) is 16.2. The minimum Gasteiger partial charge on any atom is -0.356 e. The molecule has 0 unspecified atom stereocenters. The summed E-state index contributed by atoms with van der Waals surface area (Å²) in [6, 6.07) is 13.5. The van der Waals surface area contributed by atoms with Crippen molar-refractivity contribution in [1.29, 1.82) is 0 Å². The summed E-state index contributed by atoms with van der Waals surface area (Å²) in [6.45, 7) is 2.14. The van der Waals surface area contributed by atoms with Crippen LogP contribution in [0.5, 0.6) is 0 Å².